The minimum Gasteiger partial charge on any atom is -0.435 e. The van der Waals surface area contributed by atoms with Gasteiger partial charge in [-0.05, 0) is 111 Å². The predicted molar refractivity (Wildman–Crippen MR) is 244 cm³/mol. The lowest BCUT2D eigenvalue weighted by molar-refractivity contribution is 0.623. The van der Waals surface area contributed by atoms with Crippen molar-refractivity contribution >= 4 is 116 Å². The van der Waals surface area contributed by atoms with Gasteiger partial charge >= 0.3 is 0 Å². The molecule has 0 spiro atoms. The normalized spacial score (nSPS) is 12.0. The number of hydrogen-bond donors (Lipinski definition) is 0. The van der Waals surface area contributed by atoms with E-state index in [1.807, 2.05) is 30.3 Å². The van der Waals surface area contributed by atoms with Crippen molar-refractivity contribution in [1.29, 1.82) is 0 Å². The molecule has 1 aliphatic carbocycles. The van der Waals surface area contributed by atoms with E-state index in [1.54, 1.807) is 0 Å². The Balaban J connectivity index is 1.17. The van der Waals surface area contributed by atoms with Crippen molar-refractivity contribution in [2.45, 2.75) is 6.42 Å². The van der Waals surface area contributed by atoms with Gasteiger partial charge in [-0.2, -0.15) is 0 Å². The van der Waals surface area contributed by atoms with Crippen LogP contribution in [-0.2, 0) is 6.42 Å². The highest BCUT2D eigenvalue weighted by Gasteiger charge is 2.22. The Bertz CT molecular complexity index is 2950. The molecular weight excluding hydrogens is 651 g/mol. The van der Waals surface area contributed by atoms with Crippen LogP contribution in [0.3, 0.4) is 0 Å². The summed E-state index contributed by atoms with van der Waals surface area (Å²) in [7, 11) is 11.3. The molecule has 3 nitrogen and oxygen atoms in total. The van der Waals surface area contributed by atoms with E-state index < -0.39 is 0 Å². The molecule has 1 heterocycles. The molecule has 0 aliphatic heterocycles. The number of benzene rings is 8. The van der Waals surface area contributed by atoms with Gasteiger partial charge in [0.2, 0.25) is 5.89 Å². The summed E-state index contributed by atoms with van der Waals surface area (Å²) in [5.74, 6) is 0.635. The minimum atomic E-state index is 0.635. The number of anilines is 3. The summed E-state index contributed by atoms with van der Waals surface area (Å²) in [6, 6.07) is 50.6. The third-order valence-electron chi connectivity index (χ3n) is 12.1. The Morgan fingerprint density at radius 3 is 1.91 bits per heavy atom. The van der Waals surface area contributed by atoms with E-state index in [2.05, 4.69) is 153 Å². The second-order valence-corrected chi connectivity index (χ2v) is 14.9. The van der Waals surface area contributed by atoms with Crippen molar-refractivity contribution in [2.24, 2.45) is 0 Å². The molecule has 0 N–H and O–H groups in total. The van der Waals surface area contributed by atoms with Crippen molar-refractivity contribution in [3.8, 4) is 33.7 Å². The van der Waals surface area contributed by atoms with Crippen LogP contribution in [-0.4, -0.2) is 44.2 Å². The Hall–Kier alpha value is -6.13. The largest absolute Gasteiger partial charge is 0.435 e. The van der Waals surface area contributed by atoms with Crippen LogP contribution in [0.5, 0.6) is 0 Å². The zero-order valence-electron chi connectivity index (χ0n) is 31.3. The SMILES string of the molecule is Bc1c(B)c(B)c(-c2ccc(N(c3ccc4c(c3)-c3ccccc3C4)c3ccc4ccc5ccc6nc(-c7ccccc7)oc6c5c4c3)cc2)c(B)c1B. The third kappa shape index (κ3) is 5.08. The molecule has 1 aliphatic rings. The van der Waals surface area contributed by atoms with Crippen LogP contribution in [0.1, 0.15) is 11.1 Å². The maximum absolute atomic E-state index is 6.60. The fourth-order valence-electron chi connectivity index (χ4n) is 8.76. The van der Waals surface area contributed by atoms with Crippen LogP contribution in [0, 0.1) is 0 Å². The highest BCUT2D eigenvalue weighted by Crippen LogP contribution is 2.44. The number of fused-ring (bicyclic) bond motifs is 8. The van der Waals surface area contributed by atoms with E-state index in [0.717, 1.165) is 61.7 Å². The first-order valence-corrected chi connectivity index (χ1v) is 18.8. The maximum Gasteiger partial charge on any atom is 0.227 e. The quantitative estimate of drug-likeness (QED) is 0.204. The fourth-order valence-corrected chi connectivity index (χ4v) is 8.76. The van der Waals surface area contributed by atoms with Crippen LogP contribution >= 0.6 is 0 Å². The number of aromatic nitrogens is 1. The summed E-state index contributed by atoms with van der Waals surface area (Å²) in [5, 5.41) is 4.50. The second kappa shape index (κ2) is 12.5. The lowest BCUT2D eigenvalue weighted by Crippen LogP contribution is -2.55. The van der Waals surface area contributed by atoms with Crippen molar-refractivity contribution in [3.63, 3.8) is 0 Å². The molecule has 9 aromatic rings. The molecule has 250 valence electrons. The molecule has 54 heavy (non-hydrogen) atoms. The van der Waals surface area contributed by atoms with Gasteiger partial charge in [-0.25, -0.2) is 4.98 Å². The van der Waals surface area contributed by atoms with E-state index in [0.29, 0.717) is 5.89 Å². The molecule has 0 saturated carbocycles. The van der Waals surface area contributed by atoms with Gasteiger partial charge in [0.05, 0.1) is 0 Å². The molecule has 0 bridgehead atoms. The molecule has 1 aromatic heterocycles. The Morgan fingerprint density at radius 2 is 1.11 bits per heavy atom. The topological polar surface area (TPSA) is 29.3 Å². The molecule has 10 rings (SSSR count). The number of hydrogen-bond acceptors (Lipinski definition) is 3. The van der Waals surface area contributed by atoms with E-state index in [-0.39, 0.29) is 0 Å². The predicted octanol–water partition coefficient (Wildman–Crippen LogP) is 3.80. The van der Waals surface area contributed by atoms with Gasteiger partial charge < -0.3 is 9.32 Å². The third-order valence-corrected chi connectivity index (χ3v) is 12.1. The summed E-state index contributed by atoms with van der Waals surface area (Å²) in [6.07, 6.45) is 0.967. The smallest absolute Gasteiger partial charge is 0.227 e. The molecule has 0 saturated heterocycles. The lowest BCUT2D eigenvalue weighted by Gasteiger charge is -2.27. The van der Waals surface area contributed by atoms with Crippen LogP contribution in [0.2, 0.25) is 0 Å². The Labute approximate surface area is 320 Å². The van der Waals surface area contributed by atoms with Gasteiger partial charge in [0.15, 0.2) is 5.58 Å². The second-order valence-electron chi connectivity index (χ2n) is 14.9. The monoisotopic (exact) mass is 686 g/mol. The van der Waals surface area contributed by atoms with Crippen molar-refractivity contribution in [1.82, 2.24) is 4.98 Å². The van der Waals surface area contributed by atoms with Crippen LogP contribution in [0.25, 0.3) is 66.4 Å². The first-order valence-electron chi connectivity index (χ1n) is 18.8. The zero-order chi connectivity index (χ0) is 36.7. The summed E-state index contributed by atoms with van der Waals surface area (Å²) in [6.45, 7) is 0. The molecule has 0 atom stereocenters. The van der Waals surface area contributed by atoms with Crippen molar-refractivity contribution in [2.75, 3.05) is 4.90 Å². The average Bonchev–Trinajstić information content (AvgIpc) is 3.82. The van der Waals surface area contributed by atoms with Gasteiger partial charge in [-0.15, -0.1) is 16.4 Å². The average molecular weight is 686 g/mol. The summed E-state index contributed by atoms with van der Waals surface area (Å²) in [5.41, 5.74) is 20.8. The van der Waals surface area contributed by atoms with Gasteiger partial charge in [0.25, 0.3) is 0 Å². The van der Waals surface area contributed by atoms with Gasteiger partial charge in [-0.1, -0.05) is 95.9 Å². The van der Waals surface area contributed by atoms with E-state index in [4.69, 9.17) is 9.40 Å². The fraction of sp³-hybridized carbons (Fsp3) is 0.0217. The Morgan fingerprint density at radius 1 is 0.500 bits per heavy atom. The van der Waals surface area contributed by atoms with E-state index in [1.165, 1.54) is 60.7 Å². The zero-order valence-corrected chi connectivity index (χ0v) is 31.3. The van der Waals surface area contributed by atoms with Crippen LogP contribution < -0.4 is 32.2 Å². The minimum absolute atomic E-state index is 0.635. The van der Waals surface area contributed by atoms with Gasteiger partial charge in [-0.3, -0.25) is 0 Å². The molecular formula is C46H35B5N2O. The van der Waals surface area contributed by atoms with Crippen LogP contribution in [0.4, 0.5) is 17.1 Å². The molecule has 0 fully saturated rings. The van der Waals surface area contributed by atoms with Crippen LogP contribution in [0.15, 0.2) is 144 Å². The molecule has 0 amide bonds. The van der Waals surface area contributed by atoms with Crippen molar-refractivity contribution < 1.29 is 4.42 Å². The lowest BCUT2D eigenvalue weighted by atomic mass is 9.60. The Kier molecular flexibility index (Phi) is 7.52. The number of oxazole rings is 1. The molecule has 0 radical (unpaired) electrons. The van der Waals surface area contributed by atoms with Gasteiger partial charge in [0, 0.05) is 28.0 Å². The highest BCUT2D eigenvalue weighted by atomic mass is 16.3. The van der Waals surface area contributed by atoms with E-state index in [9.17, 15) is 0 Å². The highest BCUT2D eigenvalue weighted by molar-refractivity contribution is 6.68. The van der Waals surface area contributed by atoms with E-state index >= 15 is 0 Å². The molecule has 0 unspecified atom stereocenters. The molecule has 8 heteroatoms. The first-order chi connectivity index (χ1) is 26.3. The van der Waals surface area contributed by atoms with Gasteiger partial charge in [0.1, 0.15) is 44.7 Å². The summed E-state index contributed by atoms with van der Waals surface area (Å²) < 4.78 is 6.60. The summed E-state index contributed by atoms with van der Waals surface area (Å²) in [4.78, 5) is 7.34. The first kappa shape index (κ1) is 32.5. The molecule has 8 aromatic carbocycles. The van der Waals surface area contributed by atoms with Crippen molar-refractivity contribution in [3.05, 3.63) is 151 Å². The summed E-state index contributed by atoms with van der Waals surface area (Å²) >= 11 is 0. The maximum atomic E-state index is 6.60. The number of rotatable bonds is 5. The number of nitrogens with zero attached hydrogens (tertiary/aromatic N) is 2. The standard InChI is InChI=1S/C46H35B5N2O/c47-40-39(41(48)43(50)44(51)42(40)49)27-13-17-31(18-14-27)53(32-20-15-30-22-29-8-4-5-9-34(29)35(30)23-32)33-19-12-25-10-11-26-16-21-37-45(38(26)36(25)24-33)54-46(52-37)28-6-2-1-3-7-28/h1-21,23-24H,22,47-51H2.